The van der Waals surface area contributed by atoms with Gasteiger partial charge in [-0.1, -0.05) is 83.5 Å². The minimum atomic E-state index is -3.67. The highest BCUT2D eigenvalue weighted by atomic mass is 35.5. The number of nitrogens with zero attached hydrogens (tertiary/aromatic N) is 1. The standard InChI is InChI=1S/C27H23ClN2O5S/c28-23-4-2-1-3-20(23)13-16-36(33,34)30-24-17-29-35-25(24)21-7-5-18(6-8-21)19-9-11-22(12-10-19)27(14-15-27)26(31)32/h1-12,17,30H,13-16H2,(H,31,32). The summed E-state index contributed by atoms with van der Waals surface area (Å²) >= 11 is 6.14. The Morgan fingerprint density at radius 1 is 0.972 bits per heavy atom. The number of carboxylic acids is 1. The quantitative estimate of drug-likeness (QED) is 0.289. The molecule has 3 aromatic carbocycles. The van der Waals surface area contributed by atoms with Crippen LogP contribution in [-0.4, -0.2) is 30.4 Å². The monoisotopic (exact) mass is 522 g/mol. The fourth-order valence-electron chi connectivity index (χ4n) is 4.23. The van der Waals surface area contributed by atoms with Gasteiger partial charge in [0, 0.05) is 10.6 Å². The van der Waals surface area contributed by atoms with E-state index in [-0.39, 0.29) is 17.9 Å². The van der Waals surface area contributed by atoms with Gasteiger partial charge in [0.2, 0.25) is 10.0 Å². The minimum absolute atomic E-state index is 0.139. The molecule has 0 unspecified atom stereocenters. The Balaban J connectivity index is 1.29. The number of sulfonamides is 1. The van der Waals surface area contributed by atoms with E-state index in [9.17, 15) is 18.3 Å². The van der Waals surface area contributed by atoms with Crippen molar-refractivity contribution in [3.05, 3.63) is 95.1 Å². The van der Waals surface area contributed by atoms with E-state index in [2.05, 4.69) is 9.88 Å². The SMILES string of the molecule is O=C(O)C1(c2ccc(-c3ccc(-c4oncc4NS(=O)(=O)CCc4ccccc4Cl)cc3)cc2)CC1. The summed E-state index contributed by atoms with van der Waals surface area (Å²) in [5, 5.41) is 13.8. The number of aryl methyl sites for hydroxylation is 1. The highest BCUT2D eigenvalue weighted by Gasteiger charge is 2.51. The van der Waals surface area contributed by atoms with E-state index in [1.807, 2.05) is 54.6 Å². The molecule has 0 atom stereocenters. The molecular weight excluding hydrogens is 500 g/mol. The smallest absolute Gasteiger partial charge is 0.314 e. The average Bonchev–Trinajstić information content (AvgIpc) is 3.57. The largest absolute Gasteiger partial charge is 0.481 e. The van der Waals surface area contributed by atoms with Crippen molar-refractivity contribution in [2.24, 2.45) is 0 Å². The third-order valence-electron chi connectivity index (χ3n) is 6.51. The topological polar surface area (TPSA) is 110 Å². The Morgan fingerprint density at radius 3 is 2.19 bits per heavy atom. The van der Waals surface area contributed by atoms with Gasteiger partial charge in [0.25, 0.3) is 0 Å². The van der Waals surface area contributed by atoms with Crippen molar-refractivity contribution in [2.45, 2.75) is 24.7 Å². The fourth-order valence-corrected chi connectivity index (χ4v) is 5.53. The molecule has 1 heterocycles. The number of carbonyl (C=O) groups is 1. The number of hydrogen-bond acceptors (Lipinski definition) is 5. The number of anilines is 1. The van der Waals surface area contributed by atoms with E-state index in [0.29, 0.717) is 29.2 Å². The van der Waals surface area contributed by atoms with Crippen LogP contribution in [0.15, 0.2) is 83.5 Å². The Kier molecular flexibility index (Phi) is 6.32. The van der Waals surface area contributed by atoms with E-state index in [1.165, 1.54) is 6.20 Å². The van der Waals surface area contributed by atoms with Crippen molar-refractivity contribution < 1.29 is 22.8 Å². The zero-order chi connectivity index (χ0) is 25.3. The molecule has 5 rings (SSSR count). The molecule has 0 spiro atoms. The predicted molar refractivity (Wildman–Crippen MR) is 138 cm³/mol. The second-order valence-corrected chi connectivity index (χ2v) is 11.1. The average molecular weight is 523 g/mol. The number of carboxylic acid groups (broad SMARTS) is 1. The fraction of sp³-hybridized carbons (Fsp3) is 0.185. The van der Waals surface area contributed by atoms with Gasteiger partial charge in [-0.3, -0.25) is 9.52 Å². The van der Waals surface area contributed by atoms with Crippen LogP contribution in [0.4, 0.5) is 5.69 Å². The molecule has 1 fully saturated rings. The molecular formula is C27H23ClN2O5S. The van der Waals surface area contributed by atoms with E-state index in [4.69, 9.17) is 16.1 Å². The summed E-state index contributed by atoms with van der Waals surface area (Å²) in [6.45, 7) is 0. The third kappa shape index (κ3) is 4.87. The van der Waals surface area contributed by atoms with Crippen LogP contribution < -0.4 is 4.72 Å². The van der Waals surface area contributed by atoms with Crippen LogP contribution in [0.2, 0.25) is 5.02 Å². The number of aromatic nitrogens is 1. The van der Waals surface area contributed by atoms with Gasteiger partial charge in [-0.2, -0.15) is 0 Å². The van der Waals surface area contributed by atoms with Crippen LogP contribution in [0, 0.1) is 0 Å². The molecule has 36 heavy (non-hydrogen) atoms. The normalized spacial score (nSPS) is 14.4. The van der Waals surface area contributed by atoms with Crippen LogP contribution in [0.1, 0.15) is 24.0 Å². The highest BCUT2D eigenvalue weighted by molar-refractivity contribution is 7.92. The summed E-state index contributed by atoms with van der Waals surface area (Å²) in [4.78, 5) is 11.6. The highest BCUT2D eigenvalue weighted by Crippen LogP contribution is 2.48. The third-order valence-corrected chi connectivity index (χ3v) is 8.15. The lowest BCUT2D eigenvalue weighted by molar-refractivity contribution is -0.140. The van der Waals surface area contributed by atoms with Crippen LogP contribution in [0.5, 0.6) is 0 Å². The second-order valence-electron chi connectivity index (χ2n) is 8.87. The first-order valence-electron chi connectivity index (χ1n) is 11.4. The zero-order valence-electron chi connectivity index (χ0n) is 19.1. The van der Waals surface area contributed by atoms with Crippen molar-refractivity contribution in [1.29, 1.82) is 0 Å². The Labute approximate surface area is 213 Å². The van der Waals surface area contributed by atoms with Gasteiger partial charge in [0.1, 0.15) is 5.69 Å². The van der Waals surface area contributed by atoms with Gasteiger partial charge < -0.3 is 9.63 Å². The molecule has 4 aromatic rings. The molecule has 2 N–H and O–H groups in total. The van der Waals surface area contributed by atoms with Crippen LogP contribution in [0.25, 0.3) is 22.5 Å². The van der Waals surface area contributed by atoms with Crippen LogP contribution in [-0.2, 0) is 26.7 Å². The summed E-state index contributed by atoms with van der Waals surface area (Å²) in [6.07, 6.45) is 2.95. The molecule has 1 aromatic heterocycles. The summed E-state index contributed by atoms with van der Waals surface area (Å²) < 4.78 is 33.3. The van der Waals surface area contributed by atoms with Gasteiger partial charge in [-0.15, -0.1) is 0 Å². The number of aliphatic carboxylic acids is 1. The van der Waals surface area contributed by atoms with Gasteiger partial charge in [0.05, 0.1) is 17.4 Å². The van der Waals surface area contributed by atoms with Gasteiger partial charge >= 0.3 is 5.97 Å². The van der Waals surface area contributed by atoms with E-state index in [0.717, 1.165) is 22.3 Å². The van der Waals surface area contributed by atoms with Gasteiger partial charge in [-0.25, -0.2) is 8.42 Å². The summed E-state index contributed by atoms with van der Waals surface area (Å²) in [5.74, 6) is -0.600. The Bertz CT molecular complexity index is 1510. The lowest BCUT2D eigenvalue weighted by atomic mass is 9.93. The summed E-state index contributed by atoms with van der Waals surface area (Å²) in [7, 11) is -3.67. The molecule has 0 aliphatic heterocycles. The molecule has 1 aliphatic rings. The lowest BCUT2D eigenvalue weighted by Crippen LogP contribution is -2.19. The summed E-state index contributed by atoms with van der Waals surface area (Å²) in [5.41, 5.74) is 3.66. The van der Waals surface area contributed by atoms with E-state index in [1.54, 1.807) is 18.2 Å². The molecule has 184 valence electrons. The molecule has 7 nitrogen and oxygen atoms in total. The maximum atomic E-state index is 12.7. The maximum Gasteiger partial charge on any atom is 0.314 e. The van der Waals surface area contributed by atoms with Crippen molar-refractivity contribution >= 4 is 33.3 Å². The molecule has 9 heteroatoms. The molecule has 0 radical (unpaired) electrons. The van der Waals surface area contributed by atoms with Crippen molar-refractivity contribution in [3.63, 3.8) is 0 Å². The Morgan fingerprint density at radius 2 is 1.58 bits per heavy atom. The molecule has 0 bridgehead atoms. The first-order chi connectivity index (χ1) is 17.3. The first kappa shape index (κ1) is 24.1. The van der Waals surface area contributed by atoms with Crippen molar-refractivity contribution in [1.82, 2.24) is 5.16 Å². The lowest BCUT2D eigenvalue weighted by Gasteiger charge is -2.11. The number of rotatable bonds is 9. The van der Waals surface area contributed by atoms with Crippen LogP contribution in [0.3, 0.4) is 0 Å². The molecule has 1 aliphatic carbocycles. The van der Waals surface area contributed by atoms with Gasteiger partial charge in [0.15, 0.2) is 5.76 Å². The zero-order valence-corrected chi connectivity index (χ0v) is 20.7. The summed E-state index contributed by atoms with van der Waals surface area (Å²) in [6, 6.07) is 22.2. The number of benzene rings is 3. The van der Waals surface area contributed by atoms with Crippen molar-refractivity contribution in [2.75, 3.05) is 10.5 Å². The molecule has 0 saturated heterocycles. The van der Waals surface area contributed by atoms with Crippen LogP contribution >= 0.6 is 11.6 Å². The number of hydrogen-bond donors (Lipinski definition) is 2. The predicted octanol–water partition coefficient (Wildman–Crippen LogP) is 5.76. The molecule has 0 amide bonds. The maximum absolute atomic E-state index is 12.7. The van der Waals surface area contributed by atoms with Gasteiger partial charge in [-0.05, 0) is 47.6 Å². The first-order valence-corrected chi connectivity index (χ1v) is 13.4. The Hall–Kier alpha value is -3.62. The van der Waals surface area contributed by atoms with Crippen molar-refractivity contribution in [3.8, 4) is 22.5 Å². The second kappa shape index (κ2) is 9.44. The number of halogens is 1. The van der Waals surface area contributed by atoms with E-state index >= 15 is 0 Å². The minimum Gasteiger partial charge on any atom is -0.481 e. The number of nitrogens with one attached hydrogen (secondary N) is 1. The molecule has 1 saturated carbocycles. The van der Waals surface area contributed by atoms with E-state index < -0.39 is 21.4 Å².